The fraction of sp³-hybridized carbons (Fsp3) is 0.176. The lowest BCUT2D eigenvalue weighted by atomic mass is 10.0. The molecular formula is C17H16N4O2. The Morgan fingerprint density at radius 3 is 2.83 bits per heavy atom. The largest absolute Gasteiger partial charge is 0.375 e. The summed E-state index contributed by atoms with van der Waals surface area (Å²) in [5.41, 5.74) is 3.08. The highest BCUT2D eigenvalue weighted by atomic mass is 16.5. The van der Waals surface area contributed by atoms with E-state index in [1.54, 1.807) is 12.3 Å². The normalized spacial score (nSPS) is 20.1. The maximum Gasteiger partial charge on any atom is 0.251 e. The van der Waals surface area contributed by atoms with E-state index in [2.05, 4.69) is 15.6 Å². The number of hydrogen-bond donors (Lipinski definition) is 3. The van der Waals surface area contributed by atoms with Crippen molar-refractivity contribution in [1.29, 1.82) is 0 Å². The minimum absolute atomic E-state index is 0.0362. The van der Waals surface area contributed by atoms with Crippen LogP contribution in [0.2, 0.25) is 0 Å². The summed E-state index contributed by atoms with van der Waals surface area (Å²) < 4.78 is 0. The zero-order valence-electron chi connectivity index (χ0n) is 12.4. The van der Waals surface area contributed by atoms with Gasteiger partial charge in [-0.3, -0.25) is 10.0 Å². The molecule has 23 heavy (non-hydrogen) atoms. The summed E-state index contributed by atoms with van der Waals surface area (Å²) in [4.78, 5) is 16.6. The number of nitrogens with one attached hydrogen (secondary N) is 2. The van der Waals surface area contributed by atoms with Crippen molar-refractivity contribution < 1.29 is 10.0 Å². The molecule has 6 heteroatoms. The lowest BCUT2D eigenvalue weighted by Gasteiger charge is -2.28. The van der Waals surface area contributed by atoms with Crippen LogP contribution < -0.4 is 15.7 Å². The quantitative estimate of drug-likeness (QED) is 0.743. The summed E-state index contributed by atoms with van der Waals surface area (Å²) in [5.74, 6) is 0.291. The third kappa shape index (κ3) is 2.33. The van der Waals surface area contributed by atoms with Crippen LogP contribution in [0, 0.1) is 0 Å². The van der Waals surface area contributed by atoms with Crippen molar-refractivity contribution in [3.8, 4) is 0 Å². The highest BCUT2D eigenvalue weighted by Crippen LogP contribution is 2.33. The van der Waals surface area contributed by atoms with Gasteiger partial charge in [-0.05, 0) is 17.7 Å². The van der Waals surface area contributed by atoms with Gasteiger partial charge in [0.15, 0.2) is 5.82 Å². The molecule has 3 heterocycles. The van der Waals surface area contributed by atoms with E-state index in [1.807, 2.05) is 36.4 Å². The highest BCUT2D eigenvalue weighted by Gasteiger charge is 2.32. The summed E-state index contributed by atoms with van der Waals surface area (Å²) in [7, 11) is 0. The van der Waals surface area contributed by atoms with Gasteiger partial charge in [-0.25, -0.2) is 10.0 Å². The number of hydroxylamine groups is 1. The average Bonchev–Trinajstić information content (AvgIpc) is 2.76. The molecule has 1 aromatic heterocycles. The number of aromatic nitrogens is 1. The van der Waals surface area contributed by atoms with Crippen molar-refractivity contribution in [3.05, 3.63) is 65.4 Å². The van der Waals surface area contributed by atoms with Gasteiger partial charge < -0.3 is 10.6 Å². The predicted molar refractivity (Wildman–Crippen MR) is 85.6 cm³/mol. The maximum atomic E-state index is 12.4. The molecule has 0 saturated carbocycles. The summed E-state index contributed by atoms with van der Waals surface area (Å²) >= 11 is 0. The topological polar surface area (TPSA) is 77.5 Å². The van der Waals surface area contributed by atoms with Gasteiger partial charge in [0, 0.05) is 18.3 Å². The first-order valence-corrected chi connectivity index (χ1v) is 7.48. The van der Waals surface area contributed by atoms with Gasteiger partial charge in [0.2, 0.25) is 0 Å². The molecule has 0 unspecified atom stereocenters. The molecule has 0 saturated heterocycles. The number of nitrogens with zero attached hydrogens (tertiary/aromatic N) is 2. The molecule has 2 aliphatic rings. The van der Waals surface area contributed by atoms with Crippen molar-refractivity contribution >= 4 is 17.4 Å². The molecule has 0 fully saturated rings. The second-order valence-corrected chi connectivity index (χ2v) is 5.60. The standard InChI is InChI=1S/C17H16N4O2/c22-17-13-10-21(23)16-12(7-4-8-18-16)15(13)20-14(9-19-17)11-5-2-1-3-6-11/h1-8,14,20,23H,9-10H2,(H,19,22)/t14-/m1/s1. The first-order valence-electron chi connectivity index (χ1n) is 7.48. The number of fused-ring (bicyclic) bond motifs is 2. The van der Waals surface area contributed by atoms with E-state index in [4.69, 9.17) is 0 Å². The molecule has 2 aliphatic heterocycles. The lowest BCUT2D eigenvalue weighted by Crippen LogP contribution is -2.35. The average molecular weight is 308 g/mol. The summed E-state index contributed by atoms with van der Waals surface area (Å²) in [5, 5.41) is 17.5. The van der Waals surface area contributed by atoms with Crippen LogP contribution in [-0.2, 0) is 4.79 Å². The second kappa shape index (κ2) is 5.40. The van der Waals surface area contributed by atoms with Gasteiger partial charge in [0.05, 0.1) is 23.9 Å². The molecular weight excluding hydrogens is 292 g/mol. The van der Waals surface area contributed by atoms with E-state index in [9.17, 15) is 10.0 Å². The molecule has 0 bridgehead atoms. The van der Waals surface area contributed by atoms with Crippen LogP contribution in [0.4, 0.5) is 5.82 Å². The van der Waals surface area contributed by atoms with E-state index in [0.717, 1.165) is 21.9 Å². The second-order valence-electron chi connectivity index (χ2n) is 5.60. The Labute approximate surface area is 133 Å². The minimum Gasteiger partial charge on any atom is -0.375 e. The Bertz CT molecular complexity index is 788. The van der Waals surface area contributed by atoms with Crippen LogP contribution in [0.3, 0.4) is 0 Å². The molecule has 0 spiro atoms. The van der Waals surface area contributed by atoms with Crippen molar-refractivity contribution in [1.82, 2.24) is 15.6 Å². The number of pyridine rings is 1. The van der Waals surface area contributed by atoms with Crippen LogP contribution in [0.1, 0.15) is 17.2 Å². The third-order valence-electron chi connectivity index (χ3n) is 4.17. The number of carbonyl (C=O) groups excluding carboxylic acids is 1. The Kier molecular flexibility index (Phi) is 3.24. The molecule has 0 radical (unpaired) electrons. The zero-order valence-corrected chi connectivity index (χ0v) is 12.4. The monoisotopic (exact) mass is 308 g/mol. The fourth-order valence-electron chi connectivity index (χ4n) is 3.03. The molecule has 0 aliphatic carbocycles. The number of rotatable bonds is 1. The molecule has 2 aromatic rings. The van der Waals surface area contributed by atoms with E-state index in [0.29, 0.717) is 17.9 Å². The zero-order chi connectivity index (χ0) is 15.8. The Morgan fingerprint density at radius 2 is 2.00 bits per heavy atom. The first kappa shape index (κ1) is 13.8. The number of carbonyl (C=O) groups is 1. The van der Waals surface area contributed by atoms with Crippen molar-refractivity contribution in [2.75, 3.05) is 18.2 Å². The van der Waals surface area contributed by atoms with E-state index in [1.165, 1.54) is 0 Å². The Balaban J connectivity index is 1.80. The summed E-state index contributed by atoms with van der Waals surface area (Å²) in [6, 6.07) is 13.6. The van der Waals surface area contributed by atoms with Gasteiger partial charge in [-0.2, -0.15) is 0 Å². The lowest BCUT2D eigenvalue weighted by molar-refractivity contribution is -0.117. The minimum atomic E-state index is -0.167. The first-order chi connectivity index (χ1) is 11.2. The van der Waals surface area contributed by atoms with Gasteiger partial charge in [-0.1, -0.05) is 30.3 Å². The van der Waals surface area contributed by atoms with Crippen molar-refractivity contribution in [3.63, 3.8) is 0 Å². The van der Waals surface area contributed by atoms with Crippen LogP contribution in [0.15, 0.2) is 54.2 Å². The van der Waals surface area contributed by atoms with Gasteiger partial charge in [0.25, 0.3) is 5.91 Å². The third-order valence-corrected chi connectivity index (χ3v) is 4.17. The Morgan fingerprint density at radius 1 is 1.17 bits per heavy atom. The molecule has 1 amide bonds. The van der Waals surface area contributed by atoms with E-state index >= 15 is 0 Å². The maximum absolute atomic E-state index is 12.4. The number of benzene rings is 1. The molecule has 1 atom stereocenters. The molecule has 116 valence electrons. The van der Waals surface area contributed by atoms with Crippen LogP contribution >= 0.6 is 0 Å². The van der Waals surface area contributed by atoms with Crippen LogP contribution in [0.5, 0.6) is 0 Å². The van der Waals surface area contributed by atoms with Crippen LogP contribution in [0.25, 0.3) is 5.70 Å². The number of hydrogen-bond acceptors (Lipinski definition) is 5. The SMILES string of the molecule is O=C1NC[C@H](c2ccccc2)NC2=C1CN(O)c1ncccc12. The smallest absolute Gasteiger partial charge is 0.251 e. The predicted octanol–water partition coefficient (Wildman–Crippen LogP) is 1.46. The molecule has 6 nitrogen and oxygen atoms in total. The van der Waals surface area contributed by atoms with Gasteiger partial charge >= 0.3 is 0 Å². The Hall–Kier alpha value is -2.86. The highest BCUT2D eigenvalue weighted by molar-refractivity contribution is 6.04. The fourth-order valence-corrected chi connectivity index (χ4v) is 3.03. The van der Waals surface area contributed by atoms with Gasteiger partial charge in [-0.15, -0.1) is 0 Å². The van der Waals surface area contributed by atoms with E-state index in [-0.39, 0.29) is 18.5 Å². The number of amides is 1. The summed E-state index contributed by atoms with van der Waals surface area (Å²) in [6.45, 7) is 0.594. The van der Waals surface area contributed by atoms with Crippen molar-refractivity contribution in [2.45, 2.75) is 6.04 Å². The van der Waals surface area contributed by atoms with Gasteiger partial charge in [0.1, 0.15) is 0 Å². The molecule has 3 N–H and O–H groups in total. The molecule has 4 rings (SSSR count). The number of anilines is 1. The van der Waals surface area contributed by atoms with E-state index < -0.39 is 0 Å². The molecule has 1 aromatic carbocycles. The summed E-state index contributed by atoms with van der Waals surface area (Å²) in [6.07, 6.45) is 1.62. The van der Waals surface area contributed by atoms with Crippen molar-refractivity contribution in [2.24, 2.45) is 0 Å². The van der Waals surface area contributed by atoms with Crippen LogP contribution in [-0.4, -0.2) is 29.2 Å².